The number of aliphatic imine (C=N–C) groups is 1. The first-order valence-electron chi connectivity index (χ1n) is 8.98. The fourth-order valence-corrected chi connectivity index (χ4v) is 2.86. The van der Waals surface area contributed by atoms with Crippen LogP contribution < -0.4 is 20.9 Å². The van der Waals surface area contributed by atoms with E-state index in [0.29, 0.717) is 19.1 Å². The predicted molar refractivity (Wildman–Crippen MR) is 116 cm³/mol. The second kappa shape index (κ2) is 11.2. The number of carbonyl (C=O) groups excluding carboxylic acids is 1. The van der Waals surface area contributed by atoms with Crippen molar-refractivity contribution in [1.82, 2.24) is 25.7 Å². The van der Waals surface area contributed by atoms with E-state index in [2.05, 4.69) is 30.9 Å². The maximum Gasteiger partial charge on any atom is 0.222 e. The summed E-state index contributed by atoms with van der Waals surface area (Å²) in [5, 5.41) is 13.9. The van der Waals surface area contributed by atoms with Gasteiger partial charge in [0.25, 0.3) is 0 Å². The quantitative estimate of drug-likeness (QED) is 0.246. The van der Waals surface area contributed by atoms with Crippen LogP contribution in [0.4, 0.5) is 5.69 Å². The average Bonchev–Trinajstić information content (AvgIpc) is 3.04. The van der Waals surface area contributed by atoms with Gasteiger partial charge in [-0.2, -0.15) is 5.10 Å². The minimum Gasteiger partial charge on any atom is -0.367 e. The summed E-state index contributed by atoms with van der Waals surface area (Å²) in [6.07, 6.45) is 6.20. The Balaban J connectivity index is 0.00000338. The molecule has 0 saturated carbocycles. The number of halogens is 1. The first-order valence-corrected chi connectivity index (χ1v) is 8.98. The van der Waals surface area contributed by atoms with Crippen LogP contribution in [0.1, 0.15) is 26.7 Å². The predicted octanol–water partition coefficient (Wildman–Crippen LogP) is 0.944. The molecular formula is C17H32IN7O. The molecule has 1 aliphatic heterocycles. The normalized spacial score (nSPS) is 17.7. The second-order valence-corrected chi connectivity index (χ2v) is 6.75. The van der Waals surface area contributed by atoms with Crippen LogP contribution in [0.2, 0.25) is 0 Å². The van der Waals surface area contributed by atoms with Gasteiger partial charge in [-0.1, -0.05) is 13.8 Å². The van der Waals surface area contributed by atoms with Gasteiger partial charge in [-0.3, -0.25) is 14.5 Å². The number of anilines is 1. The van der Waals surface area contributed by atoms with Crippen LogP contribution in [-0.2, 0) is 11.8 Å². The topological polar surface area (TPSA) is 86.6 Å². The molecule has 3 N–H and O–H groups in total. The summed E-state index contributed by atoms with van der Waals surface area (Å²) < 4.78 is 1.83. The Hall–Kier alpha value is -1.52. The Kier molecular flexibility index (Phi) is 9.74. The molecule has 1 fully saturated rings. The summed E-state index contributed by atoms with van der Waals surface area (Å²) in [5.74, 6) is 0.860. The Bertz CT molecular complexity index is 587. The lowest BCUT2D eigenvalue weighted by Crippen LogP contribution is -2.52. The molecule has 26 heavy (non-hydrogen) atoms. The SMILES string of the molecule is CN=C(NCCNC(=O)C(C)C)NC1CCCN(c2cnn(C)c2)C1.I. The Morgan fingerprint density at radius 2 is 2.12 bits per heavy atom. The maximum atomic E-state index is 11.5. The molecule has 8 nitrogen and oxygen atoms in total. The number of aromatic nitrogens is 2. The van der Waals surface area contributed by atoms with Gasteiger partial charge in [0, 0.05) is 58.4 Å². The first-order chi connectivity index (χ1) is 12.0. The minimum absolute atomic E-state index is 0. The lowest BCUT2D eigenvalue weighted by Gasteiger charge is -2.34. The number of aryl methyl sites for hydroxylation is 1. The first kappa shape index (κ1) is 22.5. The number of nitrogens with zero attached hydrogens (tertiary/aromatic N) is 4. The summed E-state index contributed by atoms with van der Waals surface area (Å²) in [6, 6.07) is 0.338. The highest BCUT2D eigenvalue weighted by atomic mass is 127. The Labute approximate surface area is 173 Å². The van der Waals surface area contributed by atoms with E-state index in [1.165, 1.54) is 0 Å². The van der Waals surface area contributed by atoms with Gasteiger partial charge in [0.1, 0.15) is 0 Å². The van der Waals surface area contributed by atoms with Crippen molar-refractivity contribution in [2.24, 2.45) is 18.0 Å². The third kappa shape index (κ3) is 7.00. The molecule has 1 saturated heterocycles. The van der Waals surface area contributed by atoms with Crippen LogP contribution in [0.25, 0.3) is 0 Å². The van der Waals surface area contributed by atoms with Gasteiger partial charge in [0.15, 0.2) is 5.96 Å². The number of hydrogen-bond acceptors (Lipinski definition) is 4. The van der Waals surface area contributed by atoms with E-state index in [1.54, 1.807) is 7.05 Å². The molecule has 1 unspecified atom stereocenters. The third-order valence-electron chi connectivity index (χ3n) is 4.28. The number of hydrogen-bond donors (Lipinski definition) is 3. The van der Waals surface area contributed by atoms with E-state index >= 15 is 0 Å². The zero-order valence-corrected chi connectivity index (χ0v) is 18.5. The lowest BCUT2D eigenvalue weighted by molar-refractivity contribution is -0.123. The van der Waals surface area contributed by atoms with Crippen molar-refractivity contribution < 1.29 is 4.79 Å². The van der Waals surface area contributed by atoms with Gasteiger partial charge in [-0.05, 0) is 12.8 Å². The van der Waals surface area contributed by atoms with Crippen LogP contribution >= 0.6 is 24.0 Å². The third-order valence-corrected chi connectivity index (χ3v) is 4.28. The average molecular weight is 477 g/mol. The summed E-state index contributed by atoms with van der Waals surface area (Å²) in [6.45, 7) is 7.00. The van der Waals surface area contributed by atoms with E-state index in [-0.39, 0.29) is 35.8 Å². The van der Waals surface area contributed by atoms with Crippen molar-refractivity contribution in [2.45, 2.75) is 32.7 Å². The van der Waals surface area contributed by atoms with E-state index in [0.717, 1.165) is 37.6 Å². The van der Waals surface area contributed by atoms with Gasteiger partial charge in [-0.15, -0.1) is 24.0 Å². The highest BCUT2D eigenvalue weighted by Crippen LogP contribution is 2.18. The number of nitrogens with one attached hydrogen (secondary N) is 3. The molecule has 2 heterocycles. The van der Waals surface area contributed by atoms with Gasteiger partial charge < -0.3 is 20.9 Å². The number of amides is 1. The number of guanidine groups is 1. The fraction of sp³-hybridized carbons (Fsp3) is 0.706. The molecule has 1 aromatic heterocycles. The summed E-state index contributed by atoms with van der Waals surface area (Å²) in [4.78, 5) is 18.2. The number of piperidine rings is 1. The highest BCUT2D eigenvalue weighted by Gasteiger charge is 2.21. The molecule has 148 valence electrons. The van der Waals surface area contributed by atoms with E-state index in [4.69, 9.17) is 0 Å². The van der Waals surface area contributed by atoms with Crippen LogP contribution in [0.5, 0.6) is 0 Å². The smallest absolute Gasteiger partial charge is 0.222 e. The molecule has 0 aliphatic carbocycles. The zero-order valence-electron chi connectivity index (χ0n) is 16.2. The maximum absolute atomic E-state index is 11.5. The van der Waals surface area contributed by atoms with Gasteiger partial charge in [0.2, 0.25) is 5.91 Å². The largest absolute Gasteiger partial charge is 0.367 e. The molecular weight excluding hydrogens is 445 g/mol. The van der Waals surface area contributed by atoms with E-state index < -0.39 is 0 Å². The van der Waals surface area contributed by atoms with Crippen LogP contribution in [0.15, 0.2) is 17.4 Å². The summed E-state index contributed by atoms with van der Waals surface area (Å²) >= 11 is 0. The number of rotatable bonds is 6. The number of carbonyl (C=O) groups is 1. The summed E-state index contributed by atoms with van der Waals surface area (Å²) in [5.41, 5.74) is 1.16. The molecule has 1 amide bonds. The molecule has 1 atom stereocenters. The van der Waals surface area contributed by atoms with Crippen molar-refractivity contribution in [1.29, 1.82) is 0 Å². The van der Waals surface area contributed by atoms with Crippen molar-refractivity contribution >= 4 is 41.5 Å². The van der Waals surface area contributed by atoms with Gasteiger partial charge in [0.05, 0.1) is 11.9 Å². The molecule has 1 aliphatic rings. The highest BCUT2D eigenvalue weighted by molar-refractivity contribution is 14.0. The molecule has 2 rings (SSSR count). The van der Waals surface area contributed by atoms with Crippen molar-refractivity contribution in [3.05, 3.63) is 12.4 Å². The monoisotopic (exact) mass is 477 g/mol. The van der Waals surface area contributed by atoms with Crippen LogP contribution in [0.3, 0.4) is 0 Å². The van der Waals surface area contributed by atoms with E-state index in [1.807, 2.05) is 38.0 Å². The van der Waals surface area contributed by atoms with Gasteiger partial charge >= 0.3 is 0 Å². The van der Waals surface area contributed by atoms with Crippen LogP contribution in [0, 0.1) is 5.92 Å². The molecule has 1 aromatic rings. The van der Waals surface area contributed by atoms with Gasteiger partial charge in [-0.25, -0.2) is 0 Å². The summed E-state index contributed by atoms with van der Waals surface area (Å²) in [7, 11) is 3.71. The Morgan fingerprint density at radius 1 is 1.38 bits per heavy atom. The van der Waals surface area contributed by atoms with Crippen molar-refractivity contribution in [3.8, 4) is 0 Å². The Morgan fingerprint density at radius 3 is 2.73 bits per heavy atom. The molecule has 0 radical (unpaired) electrons. The molecule has 9 heteroatoms. The van der Waals surface area contributed by atoms with Crippen LogP contribution in [-0.4, -0.2) is 60.9 Å². The molecule has 0 aromatic carbocycles. The standard InChI is InChI=1S/C17H31N7O.HI/c1-13(2)16(25)19-7-8-20-17(18-3)22-14-6-5-9-24(11-14)15-10-21-23(4)12-15;/h10,12-14H,5-9,11H2,1-4H3,(H,19,25)(H2,18,20,22);1H. The lowest BCUT2D eigenvalue weighted by atomic mass is 10.1. The van der Waals surface area contributed by atoms with E-state index in [9.17, 15) is 4.79 Å². The zero-order chi connectivity index (χ0) is 18.2. The van der Waals surface area contributed by atoms with Crippen molar-refractivity contribution in [2.75, 3.05) is 38.1 Å². The second-order valence-electron chi connectivity index (χ2n) is 6.75. The van der Waals surface area contributed by atoms with Crippen molar-refractivity contribution in [3.63, 3.8) is 0 Å². The molecule has 0 bridgehead atoms. The molecule has 0 spiro atoms. The minimum atomic E-state index is 0. The fourth-order valence-electron chi connectivity index (χ4n) is 2.86.